The smallest absolute Gasteiger partial charge is 0.239 e. The summed E-state index contributed by atoms with van der Waals surface area (Å²) in [4.78, 5) is 14.8. The summed E-state index contributed by atoms with van der Waals surface area (Å²) >= 11 is 12.6. The number of carbonyl (C=O) groups excluding carboxylic acids is 1. The van der Waals surface area contributed by atoms with Crippen LogP contribution in [0.15, 0.2) is 42.6 Å². The molecule has 35 heavy (non-hydrogen) atoms. The zero-order valence-corrected chi connectivity index (χ0v) is 21.1. The van der Waals surface area contributed by atoms with Crippen molar-refractivity contribution in [3.8, 4) is 6.07 Å². The summed E-state index contributed by atoms with van der Waals surface area (Å²) in [6, 6.07) is 11.6. The van der Waals surface area contributed by atoms with E-state index >= 15 is 0 Å². The number of carbonyl (C=O) groups is 1. The molecule has 180 valence electrons. The van der Waals surface area contributed by atoms with Gasteiger partial charge in [-0.25, -0.2) is 0 Å². The van der Waals surface area contributed by atoms with Crippen LogP contribution >= 0.6 is 23.2 Å². The van der Waals surface area contributed by atoms with Crippen molar-refractivity contribution in [2.45, 2.75) is 44.7 Å². The Kier molecular flexibility index (Phi) is 6.84. The van der Waals surface area contributed by atoms with Gasteiger partial charge in [-0.15, -0.1) is 0 Å². The number of aromatic nitrogens is 2. The number of rotatable bonds is 4. The molecule has 1 amide bonds. The van der Waals surface area contributed by atoms with Crippen LogP contribution in [-0.4, -0.2) is 46.3 Å². The number of nitrogens with zero attached hydrogens (tertiary/aromatic N) is 4. The number of nitrogens with one attached hydrogen (secondary N) is 1. The molecule has 5 rings (SSSR count). The molecule has 0 saturated carbocycles. The van der Waals surface area contributed by atoms with Crippen LogP contribution in [0.1, 0.15) is 55.3 Å². The van der Waals surface area contributed by atoms with Crippen LogP contribution in [-0.2, 0) is 4.79 Å². The minimum absolute atomic E-state index is 0.0692. The number of benzene rings is 2. The van der Waals surface area contributed by atoms with Crippen molar-refractivity contribution < 1.29 is 4.79 Å². The van der Waals surface area contributed by atoms with E-state index in [1.807, 2.05) is 40.8 Å². The summed E-state index contributed by atoms with van der Waals surface area (Å²) in [6.45, 7) is 4.17. The lowest BCUT2D eigenvalue weighted by Gasteiger charge is -2.32. The Morgan fingerprint density at radius 2 is 2.11 bits per heavy atom. The molecule has 1 fully saturated rings. The van der Waals surface area contributed by atoms with Gasteiger partial charge in [0.25, 0.3) is 0 Å². The second-order valence-corrected chi connectivity index (χ2v) is 10.1. The third kappa shape index (κ3) is 4.69. The average Bonchev–Trinajstić information content (AvgIpc) is 3.30. The summed E-state index contributed by atoms with van der Waals surface area (Å²) in [7, 11) is 0. The average molecular weight is 508 g/mol. The third-order valence-corrected chi connectivity index (χ3v) is 7.67. The number of halogens is 2. The first-order chi connectivity index (χ1) is 17.0. The number of amides is 1. The van der Waals surface area contributed by atoms with Gasteiger partial charge in [0.15, 0.2) is 0 Å². The van der Waals surface area contributed by atoms with E-state index < -0.39 is 0 Å². The Bertz CT molecular complexity index is 1350. The highest BCUT2D eigenvalue weighted by Gasteiger charge is 2.27. The Morgan fingerprint density at radius 3 is 2.80 bits per heavy atom. The van der Waals surface area contributed by atoms with Gasteiger partial charge < -0.3 is 10.2 Å². The van der Waals surface area contributed by atoms with Crippen molar-refractivity contribution in [1.29, 1.82) is 5.26 Å². The second kappa shape index (κ2) is 10.0. The molecular weight excluding hydrogens is 481 g/mol. The van der Waals surface area contributed by atoms with Crippen LogP contribution < -0.4 is 5.32 Å². The van der Waals surface area contributed by atoms with Crippen LogP contribution in [0, 0.1) is 11.3 Å². The fraction of sp³-hybridized carbons (Fsp3) is 0.370. The van der Waals surface area contributed by atoms with E-state index in [1.54, 1.807) is 12.3 Å². The van der Waals surface area contributed by atoms with Crippen molar-refractivity contribution >= 4 is 45.6 Å². The van der Waals surface area contributed by atoms with Crippen molar-refractivity contribution in [2.75, 3.05) is 19.6 Å². The lowest BCUT2D eigenvalue weighted by atomic mass is 9.93. The molecule has 2 aromatic carbocycles. The fourth-order valence-electron chi connectivity index (χ4n) is 5.13. The second-order valence-electron chi connectivity index (χ2n) is 9.27. The van der Waals surface area contributed by atoms with Crippen LogP contribution in [0.3, 0.4) is 0 Å². The molecule has 2 aliphatic rings. The van der Waals surface area contributed by atoms with Crippen LogP contribution in [0.25, 0.3) is 16.5 Å². The van der Waals surface area contributed by atoms with Gasteiger partial charge in [-0.05, 0) is 73.7 Å². The quantitative estimate of drug-likeness (QED) is 0.499. The van der Waals surface area contributed by atoms with E-state index in [2.05, 4.69) is 22.6 Å². The maximum Gasteiger partial charge on any atom is 0.239 e. The molecule has 0 bridgehead atoms. The lowest BCUT2D eigenvalue weighted by molar-refractivity contribution is -0.133. The first-order valence-electron chi connectivity index (χ1n) is 12.0. The SMILES string of the molecule is CC(c1ccc(Cl)cc1Cl)n1ncc2cc(C#N)c(C3=CCN(C(=O)[C@H]4CCCCN4)CC3)cc21. The summed E-state index contributed by atoms with van der Waals surface area (Å²) in [5, 5.41) is 19.9. The molecule has 3 aromatic rings. The number of fused-ring (bicyclic) bond motifs is 1. The number of piperidine rings is 1. The van der Waals surface area contributed by atoms with Crippen molar-refractivity contribution in [3.63, 3.8) is 0 Å². The molecule has 0 spiro atoms. The van der Waals surface area contributed by atoms with Crippen LogP contribution in [0.4, 0.5) is 0 Å². The number of nitriles is 1. The number of hydrogen-bond donors (Lipinski definition) is 1. The molecule has 8 heteroatoms. The topological polar surface area (TPSA) is 74.0 Å². The Hall–Kier alpha value is -2.85. The predicted molar refractivity (Wildman–Crippen MR) is 140 cm³/mol. The van der Waals surface area contributed by atoms with Gasteiger partial charge >= 0.3 is 0 Å². The van der Waals surface area contributed by atoms with Gasteiger partial charge in [-0.3, -0.25) is 9.48 Å². The highest BCUT2D eigenvalue weighted by atomic mass is 35.5. The highest BCUT2D eigenvalue weighted by molar-refractivity contribution is 6.35. The van der Waals surface area contributed by atoms with Gasteiger partial charge in [0.1, 0.15) is 0 Å². The number of hydrogen-bond acceptors (Lipinski definition) is 4. The van der Waals surface area contributed by atoms with Crippen LogP contribution in [0.5, 0.6) is 0 Å². The van der Waals surface area contributed by atoms with E-state index in [-0.39, 0.29) is 18.0 Å². The normalized spacial score (nSPS) is 19.3. The van der Waals surface area contributed by atoms with Gasteiger partial charge in [-0.2, -0.15) is 10.4 Å². The molecule has 1 saturated heterocycles. The maximum absolute atomic E-state index is 12.9. The van der Waals surface area contributed by atoms with E-state index in [0.29, 0.717) is 35.1 Å². The fourth-order valence-corrected chi connectivity index (χ4v) is 5.70. The lowest BCUT2D eigenvalue weighted by Crippen LogP contribution is -2.49. The van der Waals surface area contributed by atoms with Crippen molar-refractivity contribution in [3.05, 3.63) is 69.3 Å². The zero-order chi connectivity index (χ0) is 24.5. The molecule has 0 aliphatic carbocycles. The van der Waals surface area contributed by atoms with E-state index in [4.69, 9.17) is 23.2 Å². The summed E-state index contributed by atoms with van der Waals surface area (Å²) in [5.41, 5.74) is 4.47. The first kappa shape index (κ1) is 23.9. The molecular formula is C27H27Cl2N5O. The molecule has 3 heterocycles. The van der Waals surface area contributed by atoms with Gasteiger partial charge in [0.2, 0.25) is 5.91 Å². The zero-order valence-electron chi connectivity index (χ0n) is 19.6. The first-order valence-corrected chi connectivity index (χ1v) is 12.8. The minimum Gasteiger partial charge on any atom is -0.337 e. The van der Waals surface area contributed by atoms with Gasteiger partial charge in [-0.1, -0.05) is 41.8 Å². The molecule has 6 nitrogen and oxygen atoms in total. The predicted octanol–water partition coefficient (Wildman–Crippen LogP) is 5.58. The Balaban J connectivity index is 1.45. The molecule has 1 N–H and O–H groups in total. The molecule has 1 unspecified atom stereocenters. The summed E-state index contributed by atoms with van der Waals surface area (Å²) in [6.07, 6.45) is 7.72. The Labute approximate surface area is 215 Å². The van der Waals surface area contributed by atoms with E-state index in [0.717, 1.165) is 53.4 Å². The van der Waals surface area contributed by atoms with E-state index in [1.165, 1.54) is 0 Å². The summed E-state index contributed by atoms with van der Waals surface area (Å²) in [5.74, 6) is 0.183. The molecule has 0 radical (unpaired) electrons. The van der Waals surface area contributed by atoms with Crippen molar-refractivity contribution in [2.24, 2.45) is 0 Å². The van der Waals surface area contributed by atoms with Gasteiger partial charge in [0, 0.05) is 28.5 Å². The van der Waals surface area contributed by atoms with Crippen LogP contribution in [0.2, 0.25) is 10.0 Å². The van der Waals surface area contributed by atoms with E-state index in [9.17, 15) is 10.1 Å². The van der Waals surface area contributed by atoms with Crippen molar-refractivity contribution in [1.82, 2.24) is 20.0 Å². The standard InChI is InChI=1S/C27H27Cl2N5O/c1-17(22-6-5-21(28)13-24(22)29)34-26-14-23(19(15-30)12-20(26)16-32-34)18-7-10-33(11-8-18)27(35)25-4-2-3-9-31-25/h5-7,12-14,16-17,25,31H,2-4,8-11H2,1H3/t17?,25-/m1/s1. The minimum atomic E-state index is -0.116. The molecule has 2 atom stereocenters. The highest BCUT2D eigenvalue weighted by Crippen LogP contribution is 2.33. The Morgan fingerprint density at radius 1 is 1.26 bits per heavy atom. The van der Waals surface area contributed by atoms with Gasteiger partial charge in [0.05, 0.1) is 35.4 Å². The largest absolute Gasteiger partial charge is 0.337 e. The monoisotopic (exact) mass is 507 g/mol. The summed E-state index contributed by atoms with van der Waals surface area (Å²) < 4.78 is 1.93. The third-order valence-electron chi connectivity index (χ3n) is 7.11. The maximum atomic E-state index is 12.9. The molecule has 2 aliphatic heterocycles. The molecule has 1 aromatic heterocycles.